The van der Waals surface area contributed by atoms with Crippen LogP contribution in [0.5, 0.6) is 0 Å². The summed E-state index contributed by atoms with van der Waals surface area (Å²) in [7, 11) is 0. The Hall–Kier alpha value is -1.11. The highest BCUT2D eigenvalue weighted by molar-refractivity contribution is 14.1. The highest BCUT2D eigenvalue weighted by Gasteiger charge is 2.21. The summed E-state index contributed by atoms with van der Waals surface area (Å²) in [6.07, 6.45) is 12.6. The summed E-state index contributed by atoms with van der Waals surface area (Å²) in [4.78, 5) is 12.2. The first-order valence-corrected chi connectivity index (χ1v) is 7.91. The Kier molecular flexibility index (Phi) is 2.75. The third kappa shape index (κ3) is 1.78. The summed E-state index contributed by atoms with van der Waals surface area (Å²) in [6.45, 7) is 0. The Bertz CT molecular complexity index is 736. The number of aromatic nitrogens is 4. The lowest BCUT2D eigenvalue weighted by Crippen LogP contribution is -2.08. The van der Waals surface area contributed by atoms with Crippen LogP contribution in [0.3, 0.4) is 0 Å². The summed E-state index contributed by atoms with van der Waals surface area (Å²) in [5.74, 6) is 0.653. The molecule has 5 heteroatoms. The molecule has 19 heavy (non-hydrogen) atoms. The molecule has 0 bridgehead atoms. The molecule has 0 saturated heterocycles. The molecule has 1 N–H and O–H groups in total. The number of hydrogen-bond acceptors (Lipinski definition) is 2. The van der Waals surface area contributed by atoms with Crippen molar-refractivity contribution in [3.05, 3.63) is 27.9 Å². The zero-order valence-corrected chi connectivity index (χ0v) is 12.7. The lowest BCUT2D eigenvalue weighted by atomic mass is 9.87. The van der Waals surface area contributed by atoms with Crippen LogP contribution < -0.4 is 0 Å². The Labute approximate surface area is 124 Å². The SMILES string of the molecule is Ic1c[nH]c2ncc3ncc(C4CCCCC4)n3c12. The van der Waals surface area contributed by atoms with Gasteiger partial charge in [0.1, 0.15) is 5.52 Å². The van der Waals surface area contributed by atoms with Crippen LogP contribution in [-0.2, 0) is 0 Å². The Morgan fingerprint density at radius 3 is 2.84 bits per heavy atom. The van der Waals surface area contributed by atoms with Crippen molar-refractivity contribution >= 4 is 39.4 Å². The first kappa shape index (κ1) is 11.7. The van der Waals surface area contributed by atoms with E-state index in [0.29, 0.717) is 5.92 Å². The molecule has 3 aromatic heterocycles. The number of hydrogen-bond donors (Lipinski definition) is 1. The second kappa shape index (κ2) is 4.47. The van der Waals surface area contributed by atoms with Crippen LogP contribution in [0.4, 0.5) is 0 Å². The zero-order chi connectivity index (χ0) is 12.8. The van der Waals surface area contributed by atoms with Crippen molar-refractivity contribution in [1.82, 2.24) is 19.4 Å². The molecule has 4 nitrogen and oxygen atoms in total. The number of rotatable bonds is 1. The van der Waals surface area contributed by atoms with E-state index in [9.17, 15) is 0 Å². The van der Waals surface area contributed by atoms with E-state index >= 15 is 0 Å². The molecule has 0 amide bonds. The van der Waals surface area contributed by atoms with Crippen molar-refractivity contribution in [2.45, 2.75) is 38.0 Å². The minimum Gasteiger partial charge on any atom is -0.344 e. The maximum atomic E-state index is 4.55. The molecule has 4 rings (SSSR count). The molecule has 3 heterocycles. The second-order valence-electron chi connectivity index (χ2n) is 5.30. The van der Waals surface area contributed by atoms with Crippen molar-refractivity contribution < 1.29 is 0 Å². The maximum absolute atomic E-state index is 4.55. The van der Waals surface area contributed by atoms with Gasteiger partial charge < -0.3 is 4.98 Å². The quantitative estimate of drug-likeness (QED) is 0.665. The van der Waals surface area contributed by atoms with Gasteiger partial charge in [-0.25, -0.2) is 9.97 Å². The minimum absolute atomic E-state index is 0.653. The number of fused-ring (bicyclic) bond motifs is 3. The summed E-state index contributed by atoms with van der Waals surface area (Å²) in [6, 6.07) is 0. The first-order valence-electron chi connectivity index (χ1n) is 6.83. The van der Waals surface area contributed by atoms with E-state index in [1.165, 1.54) is 46.9 Å². The van der Waals surface area contributed by atoms with E-state index in [4.69, 9.17) is 0 Å². The summed E-state index contributed by atoms with van der Waals surface area (Å²) < 4.78 is 3.51. The summed E-state index contributed by atoms with van der Waals surface area (Å²) >= 11 is 2.37. The smallest absolute Gasteiger partial charge is 0.156 e. The normalized spacial score (nSPS) is 17.5. The molecule has 0 radical (unpaired) electrons. The molecule has 0 spiro atoms. The highest BCUT2D eigenvalue weighted by atomic mass is 127. The Balaban J connectivity index is 1.99. The molecular weight excluding hydrogens is 351 g/mol. The van der Waals surface area contributed by atoms with Crippen molar-refractivity contribution in [3.8, 4) is 0 Å². The number of imidazole rings is 1. The van der Waals surface area contributed by atoms with Crippen LogP contribution in [0.15, 0.2) is 18.6 Å². The zero-order valence-electron chi connectivity index (χ0n) is 10.6. The molecule has 0 atom stereocenters. The van der Waals surface area contributed by atoms with E-state index in [-0.39, 0.29) is 0 Å². The van der Waals surface area contributed by atoms with E-state index in [1.807, 2.05) is 12.4 Å². The average Bonchev–Trinajstić information content (AvgIpc) is 3.03. The largest absolute Gasteiger partial charge is 0.344 e. The van der Waals surface area contributed by atoms with Crippen molar-refractivity contribution in [1.29, 1.82) is 0 Å². The van der Waals surface area contributed by atoms with Gasteiger partial charge in [0.25, 0.3) is 0 Å². The Morgan fingerprint density at radius 2 is 2.00 bits per heavy atom. The fourth-order valence-electron chi connectivity index (χ4n) is 3.22. The van der Waals surface area contributed by atoms with Crippen LogP contribution in [0.25, 0.3) is 16.8 Å². The van der Waals surface area contributed by atoms with E-state index in [0.717, 1.165) is 11.3 Å². The van der Waals surface area contributed by atoms with Crippen LogP contribution in [0.1, 0.15) is 43.7 Å². The Morgan fingerprint density at radius 1 is 1.16 bits per heavy atom. The van der Waals surface area contributed by atoms with Crippen LogP contribution in [0.2, 0.25) is 0 Å². The van der Waals surface area contributed by atoms with E-state index in [2.05, 4.69) is 48.1 Å². The molecule has 0 aromatic carbocycles. The first-order chi connectivity index (χ1) is 9.34. The van der Waals surface area contributed by atoms with Crippen LogP contribution in [0, 0.1) is 3.57 Å². The third-order valence-corrected chi connectivity index (χ3v) is 4.98. The van der Waals surface area contributed by atoms with Gasteiger partial charge in [-0.3, -0.25) is 4.40 Å². The van der Waals surface area contributed by atoms with Gasteiger partial charge in [0.15, 0.2) is 11.3 Å². The molecule has 0 unspecified atom stereocenters. The van der Waals surface area contributed by atoms with E-state index < -0.39 is 0 Å². The minimum atomic E-state index is 0.653. The van der Waals surface area contributed by atoms with Gasteiger partial charge >= 0.3 is 0 Å². The maximum Gasteiger partial charge on any atom is 0.156 e. The fraction of sp³-hybridized carbons (Fsp3) is 0.429. The van der Waals surface area contributed by atoms with Gasteiger partial charge in [-0.2, -0.15) is 0 Å². The standard InChI is InChI=1S/C14H15IN4/c15-10-6-17-14-13(10)19-11(7-16-12(19)8-18-14)9-4-2-1-3-5-9/h6-9,17H,1-5H2. The number of nitrogens with zero attached hydrogens (tertiary/aromatic N) is 3. The second-order valence-corrected chi connectivity index (χ2v) is 6.47. The van der Waals surface area contributed by atoms with Gasteiger partial charge in [-0.15, -0.1) is 0 Å². The number of H-pyrrole nitrogens is 1. The van der Waals surface area contributed by atoms with E-state index in [1.54, 1.807) is 0 Å². The lowest BCUT2D eigenvalue weighted by Gasteiger charge is -2.21. The summed E-state index contributed by atoms with van der Waals surface area (Å²) in [5.41, 5.74) is 4.45. The predicted molar refractivity (Wildman–Crippen MR) is 83.4 cm³/mol. The molecule has 0 aliphatic heterocycles. The molecule has 1 aliphatic rings. The fourth-order valence-corrected chi connectivity index (χ4v) is 3.87. The molecule has 98 valence electrons. The molecule has 1 aliphatic carbocycles. The number of nitrogens with one attached hydrogen (secondary N) is 1. The van der Waals surface area contributed by atoms with Crippen molar-refractivity contribution in [2.24, 2.45) is 0 Å². The molecule has 3 aromatic rings. The van der Waals surface area contributed by atoms with Gasteiger partial charge in [-0.1, -0.05) is 19.3 Å². The van der Waals surface area contributed by atoms with Gasteiger partial charge in [-0.05, 0) is 35.4 Å². The molecular formula is C14H15IN4. The topological polar surface area (TPSA) is 46.0 Å². The number of aromatic amines is 1. The van der Waals surface area contributed by atoms with Crippen LogP contribution in [-0.4, -0.2) is 19.4 Å². The molecule has 1 fully saturated rings. The predicted octanol–water partition coefficient (Wildman–Crippen LogP) is 3.86. The van der Waals surface area contributed by atoms with Crippen LogP contribution >= 0.6 is 22.6 Å². The lowest BCUT2D eigenvalue weighted by molar-refractivity contribution is 0.436. The molecule has 1 saturated carbocycles. The average molecular weight is 366 g/mol. The van der Waals surface area contributed by atoms with Crippen molar-refractivity contribution in [2.75, 3.05) is 0 Å². The third-order valence-electron chi connectivity index (χ3n) is 4.16. The van der Waals surface area contributed by atoms with Gasteiger partial charge in [0.2, 0.25) is 0 Å². The van der Waals surface area contributed by atoms with Gasteiger partial charge in [0, 0.05) is 24.0 Å². The van der Waals surface area contributed by atoms with Gasteiger partial charge in [0.05, 0.1) is 9.77 Å². The highest BCUT2D eigenvalue weighted by Crippen LogP contribution is 2.34. The summed E-state index contributed by atoms with van der Waals surface area (Å²) in [5, 5.41) is 0. The number of halogens is 1. The van der Waals surface area contributed by atoms with Crippen molar-refractivity contribution in [3.63, 3.8) is 0 Å². The monoisotopic (exact) mass is 366 g/mol.